The third-order valence-electron chi connectivity index (χ3n) is 6.00. The van der Waals surface area contributed by atoms with Crippen LogP contribution in [0.3, 0.4) is 0 Å². The van der Waals surface area contributed by atoms with E-state index in [9.17, 15) is 24.6 Å². The average molecular weight is 452 g/mol. The van der Waals surface area contributed by atoms with E-state index in [0.29, 0.717) is 11.3 Å². The molecule has 10 heteroatoms. The van der Waals surface area contributed by atoms with Crippen LogP contribution in [-0.4, -0.2) is 66.1 Å². The number of phenolic OH excluding ortho intramolecular Hbond substituents is 1. The number of nitrogens with zero attached hydrogens (tertiary/aromatic N) is 1. The first-order chi connectivity index (χ1) is 14.1. The molecule has 2 amide bonds. The molecule has 4 rings (SSSR count). The zero-order chi connectivity index (χ0) is 21.8. The van der Waals surface area contributed by atoms with Gasteiger partial charge in [0.25, 0.3) is 0 Å². The van der Waals surface area contributed by atoms with Crippen molar-refractivity contribution in [3.63, 3.8) is 0 Å². The first-order valence-corrected chi connectivity index (χ1v) is 11.8. The number of aliphatic carboxylic acids is 1. The lowest BCUT2D eigenvalue weighted by atomic mass is 9.89. The van der Waals surface area contributed by atoms with E-state index in [1.54, 1.807) is 31.7 Å². The van der Waals surface area contributed by atoms with Crippen LogP contribution in [0.15, 0.2) is 18.2 Å². The lowest BCUT2D eigenvalue weighted by Crippen LogP contribution is -2.71. The molecule has 3 saturated heterocycles. The van der Waals surface area contributed by atoms with Gasteiger partial charge in [-0.05, 0) is 44.1 Å². The number of aromatic hydroxyl groups is 1. The second kappa shape index (κ2) is 7.56. The van der Waals surface area contributed by atoms with E-state index >= 15 is 0 Å². The highest BCUT2D eigenvalue weighted by Crippen LogP contribution is 2.51. The summed E-state index contributed by atoms with van der Waals surface area (Å²) in [6.45, 7) is 3.60. The molecule has 5 atom stereocenters. The van der Waals surface area contributed by atoms with E-state index in [0.717, 1.165) is 18.6 Å². The maximum Gasteiger partial charge on any atom is 0.327 e. The van der Waals surface area contributed by atoms with E-state index in [1.165, 1.54) is 28.8 Å². The predicted molar refractivity (Wildman–Crippen MR) is 116 cm³/mol. The van der Waals surface area contributed by atoms with Crippen LogP contribution in [0, 0.1) is 0 Å². The van der Waals surface area contributed by atoms with Gasteiger partial charge in [0.15, 0.2) is 0 Å². The number of phenols is 1. The molecule has 0 aliphatic carbocycles. The van der Waals surface area contributed by atoms with Gasteiger partial charge in [0.05, 0.1) is 5.92 Å². The number of carbonyl (C=O) groups excluding carboxylic acids is 2. The molecule has 1 aromatic rings. The Kier molecular flexibility index (Phi) is 5.34. The van der Waals surface area contributed by atoms with Crippen LogP contribution in [0.4, 0.5) is 5.69 Å². The number of hydrogen-bond acceptors (Lipinski definition) is 7. The Labute approximate surface area is 182 Å². The average Bonchev–Trinajstić information content (AvgIpc) is 3.26. The summed E-state index contributed by atoms with van der Waals surface area (Å²) >= 11 is 3.11. The molecule has 5 N–H and O–H groups in total. The van der Waals surface area contributed by atoms with E-state index in [-0.39, 0.29) is 22.8 Å². The number of nitrogens with two attached hydrogens (primary N) is 1. The first-order valence-electron chi connectivity index (χ1n) is 9.85. The number of nitrogens with one attached hydrogen (secondary N) is 1. The van der Waals surface area contributed by atoms with Gasteiger partial charge in [-0.1, -0.05) is 6.07 Å². The fourth-order valence-electron chi connectivity index (χ4n) is 4.61. The molecule has 2 unspecified atom stereocenters. The Balaban J connectivity index is 1.57. The molecular formula is C20H25N3O5S2. The highest BCUT2D eigenvalue weighted by Gasteiger charge is 2.64. The van der Waals surface area contributed by atoms with Crippen LogP contribution >= 0.6 is 23.5 Å². The number of benzene rings is 1. The number of hydrogen-bond donors (Lipinski definition) is 4. The molecule has 1 aromatic carbocycles. The van der Waals surface area contributed by atoms with Crippen molar-refractivity contribution in [1.29, 1.82) is 0 Å². The maximum absolute atomic E-state index is 13.3. The lowest BCUT2D eigenvalue weighted by molar-refractivity contribution is -0.161. The minimum atomic E-state index is -1.04. The highest BCUT2D eigenvalue weighted by molar-refractivity contribution is 8.01. The lowest BCUT2D eigenvalue weighted by Gasteiger charge is -2.44. The van der Waals surface area contributed by atoms with Gasteiger partial charge in [-0.2, -0.15) is 11.8 Å². The van der Waals surface area contributed by atoms with Crippen molar-refractivity contribution >= 4 is 47.0 Å². The fraction of sp³-hybridized carbons (Fsp3) is 0.550. The van der Waals surface area contributed by atoms with Gasteiger partial charge < -0.3 is 26.2 Å². The Morgan fingerprint density at radius 3 is 2.70 bits per heavy atom. The Morgan fingerprint density at radius 2 is 2.10 bits per heavy atom. The number of amides is 2. The van der Waals surface area contributed by atoms with Crippen LogP contribution < -0.4 is 11.1 Å². The number of nitrogen functional groups attached to an aromatic ring is 1. The van der Waals surface area contributed by atoms with Crippen molar-refractivity contribution in [2.45, 2.75) is 60.1 Å². The van der Waals surface area contributed by atoms with Gasteiger partial charge in [0.2, 0.25) is 11.8 Å². The van der Waals surface area contributed by atoms with Crippen molar-refractivity contribution < 1.29 is 24.6 Å². The number of fused-ring (bicyclic) bond motifs is 1. The van der Waals surface area contributed by atoms with Crippen LogP contribution in [0.2, 0.25) is 0 Å². The molecule has 162 valence electrons. The monoisotopic (exact) mass is 451 g/mol. The van der Waals surface area contributed by atoms with Crippen molar-refractivity contribution in [2.75, 3.05) is 11.5 Å². The Morgan fingerprint density at radius 1 is 1.37 bits per heavy atom. The number of carbonyl (C=O) groups is 3. The first kappa shape index (κ1) is 21.2. The van der Waals surface area contributed by atoms with Gasteiger partial charge in [0.1, 0.15) is 23.2 Å². The molecule has 0 spiro atoms. The van der Waals surface area contributed by atoms with Crippen molar-refractivity contribution in [3.05, 3.63) is 23.8 Å². The fourth-order valence-corrected chi connectivity index (χ4v) is 7.67. The summed E-state index contributed by atoms with van der Waals surface area (Å²) in [7, 11) is 0. The summed E-state index contributed by atoms with van der Waals surface area (Å²) in [6.07, 6.45) is 1.86. The zero-order valence-corrected chi connectivity index (χ0v) is 18.3. The summed E-state index contributed by atoms with van der Waals surface area (Å²) in [6, 6.07) is 2.93. The Hall–Kier alpha value is -2.07. The highest BCUT2D eigenvalue weighted by atomic mass is 32.2. The van der Waals surface area contributed by atoms with Crippen molar-refractivity contribution in [2.24, 2.45) is 0 Å². The quantitative estimate of drug-likeness (QED) is 0.392. The van der Waals surface area contributed by atoms with E-state index in [2.05, 4.69) is 5.32 Å². The second-order valence-electron chi connectivity index (χ2n) is 8.43. The van der Waals surface area contributed by atoms with Gasteiger partial charge in [-0.25, -0.2) is 4.79 Å². The normalized spacial score (nSPS) is 30.5. The molecule has 3 aliphatic heterocycles. The van der Waals surface area contributed by atoms with E-state index in [1.807, 2.05) is 0 Å². The smallest absolute Gasteiger partial charge is 0.327 e. The summed E-state index contributed by atoms with van der Waals surface area (Å²) in [4.78, 5) is 39.1. The van der Waals surface area contributed by atoms with Gasteiger partial charge in [0, 0.05) is 21.8 Å². The third kappa shape index (κ3) is 3.39. The summed E-state index contributed by atoms with van der Waals surface area (Å²) < 4.78 is -0.645. The van der Waals surface area contributed by atoms with Gasteiger partial charge >= 0.3 is 5.97 Å². The molecular weight excluding hydrogens is 426 g/mol. The third-order valence-corrected chi connectivity index (χ3v) is 9.03. The molecule has 0 saturated carbocycles. The number of carboxylic acid groups (broad SMARTS) is 1. The zero-order valence-electron chi connectivity index (χ0n) is 16.7. The molecule has 3 heterocycles. The standard InChI is InChI=1S/C20H25N3O5S2/c1-20(2)15(19(27)28)23-17(26)14(18(23)30-20)22-16(25)13(12-4-3-7-29-12)10-6-5-9(24)8-11(10)21/h5-6,8,12-15,18,24H,3-4,7,21H2,1-2H3,(H,22,25)(H,27,28)/t12?,13?,14-,15+,18-/m1/s1. The molecule has 0 aromatic heterocycles. The number of rotatable bonds is 5. The minimum absolute atomic E-state index is 0.0302. The van der Waals surface area contributed by atoms with Crippen molar-refractivity contribution in [3.8, 4) is 5.75 Å². The molecule has 3 aliphatic rings. The molecule has 0 radical (unpaired) electrons. The maximum atomic E-state index is 13.3. The number of anilines is 1. The van der Waals surface area contributed by atoms with E-state index < -0.39 is 34.1 Å². The van der Waals surface area contributed by atoms with Crippen molar-refractivity contribution in [1.82, 2.24) is 10.2 Å². The van der Waals surface area contributed by atoms with Crippen LogP contribution in [0.1, 0.15) is 38.2 Å². The van der Waals surface area contributed by atoms with Crippen LogP contribution in [0.25, 0.3) is 0 Å². The number of thioether (sulfide) groups is 2. The van der Waals surface area contributed by atoms with Crippen LogP contribution in [0.5, 0.6) is 5.75 Å². The minimum Gasteiger partial charge on any atom is -0.508 e. The molecule has 0 bridgehead atoms. The summed E-state index contributed by atoms with van der Waals surface area (Å²) in [5.41, 5.74) is 7.09. The molecule has 8 nitrogen and oxygen atoms in total. The molecule has 30 heavy (non-hydrogen) atoms. The largest absolute Gasteiger partial charge is 0.508 e. The van der Waals surface area contributed by atoms with Gasteiger partial charge in [-0.3, -0.25) is 9.59 Å². The van der Waals surface area contributed by atoms with E-state index in [4.69, 9.17) is 5.73 Å². The summed E-state index contributed by atoms with van der Waals surface area (Å²) in [5.74, 6) is -1.25. The molecule has 3 fully saturated rings. The second-order valence-corrected chi connectivity index (χ2v) is 11.5. The van der Waals surface area contributed by atoms with Crippen LogP contribution in [-0.2, 0) is 14.4 Å². The van der Waals surface area contributed by atoms with Gasteiger partial charge in [-0.15, -0.1) is 11.8 Å². The Bertz CT molecular complexity index is 902. The SMILES string of the molecule is CC1(C)S[C@@H]2[C@H](NC(=O)C(c3ccc(O)cc3N)C3CCCS3)C(=O)N2[C@H]1C(=O)O. The number of β-lactam (4-membered cyclic amide) rings is 1. The number of carboxylic acids is 1. The predicted octanol–water partition coefficient (Wildman–Crippen LogP) is 1.59. The topological polar surface area (TPSA) is 133 Å². The summed E-state index contributed by atoms with van der Waals surface area (Å²) in [5, 5.41) is 21.8.